The molecular weight excluding hydrogens is 357 g/mol. The highest BCUT2D eigenvalue weighted by Crippen LogP contribution is 2.36. The molecular formula is C20H25F3N2O2. The van der Waals surface area contributed by atoms with Crippen LogP contribution in [0.4, 0.5) is 13.2 Å². The average Bonchev–Trinajstić information content (AvgIpc) is 2.94. The maximum Gasteiger partial charge on any atom is 0.401 e. The summed E-state index contributed by atoms with van der Waals surface area (Å²) in [4.78, 5) is 13.3. The van der Waals surface area contributed by atoms with Crippen LogP contribution >= 0.6 is 0 Å². The molecule has 2 heterocycles. The highest BCUT2D eigenvalue weighted by atomic mass is 19.4. The smallest absolute Gasteiger partial charge is 0.401 e. The maximum atomic E-state index is 12.6. The highest BCUT2D eigenvalue weighted by molar-refractivity contribution is 6.05. The first-order chi connectivity index (χ1) is 12.7. The lowest BCUT2D eigenvalue weighted by Gasteiger charge is -2.36. The number of likely N-dealkylation sites (tertiary alicyclic amines) is 1. The number of para-hydroxylation sites is 1. The molecule has 0 aliphatic carbocycles. The molecule has 1 aromatic carbocycles. The third-order valence-corrected chi connectivity index (χ3v) is 5.69. The van der Waals surface area contributed by atoms with Crippen LogP contribution in [0.2, 0.25) is 0 Å². The molecule has 1 N–H and O–H groups in total. The van der Waals surface area contributed by atoms with Gasteiger partial charge in [-0.15, -0.1) is 0 Å². The number of rotatable bonds is 5. The molecule has 1 aliphatic rings. The van der Waals surface area contributed by atoms with Gasteiger partial charge in [-0.25, -0.2) is 4.79 Å². The van der Waals surface area contributed by atoms with Crippen molar-refractivity contribution < 1.29 is 23.1 Å². The van der Waals surface area contributed by atoms with Crippen LogP contribution in [0.5, 0.6) is 0 Å². The molecule has 0 saturated carbocycles. The zero-order valence-corrected chi connectivity index (χ0v) is 15.6. The molecule has 1 aliphatic heterocycles. The SMILES string of the molecule is CCc1c(C(=O)O)c2ccccc2n1C(C)C1CCN(CC(F)(F)F)CC1. The third kappa shape index (κ3) is 3.98. The number of benzene rings is 1. The second-order valence-electron chi connectivity index (χ2n) is 7.34. The van der Waals surface area contributed by atoms with Gasteiger partial charge in [0.25, 0.3) is 0 Å². The molecule has 1 atom stereocenters. The summed E-state index contributed by atoms with van der Waals surface area (Å²) >= 11 is 0. The lowest BCUT2D eigenvalue weighted by atomic mass is 9.89. The number of hydrogen-bond acceptors (Lipinski definition) is 2. The number of hydrogen-bond donors (Lipinski definition) is 1. The molecule has 1 aromatic heterocycles. The number of fused-ring (bicyclic) bond motifs is 1. The van der Waals surface area contributed by atoms with Crippen LogP contribution in [0.3, 0.4) is 0 Å². The predicted molar refractivity (Wildman–Crippen MR) is 98.2 cm³/mol. The molecule has 4 nitrogen and oxygen atoms in total. The van der Waals surface area contributed by atoms with Gasteiger partial charge in [-0.1, -0.05) is 25.1 Å². The number of alkyl halides is 3. The van der Waals surface area contributed by atoms with Gasteiger partial charge in [-0.3, -0.25) is 4.90 Å². The molecule has 148 valence electrons. The first-order valence-electron chi connectivity index (χ1n) is 9.37. The predicted octanol–water partition coefficient (Wildman–Crippen LogP) is 4.74. The molecule has 0 bridgehead atoms. The van der Waals surface area contributed by atoms with Gasteiger partial charge in [-0.2, -0.15) is 13.2 Å². The number of nitrogens with zero attached hydrogens (tertiary/aromatic N) is 2. The minimum absolute atomic E-state index is 0.0333. The van der Waals surface area contributed by atoms with Crippen molar-refractivity contribution in [3.8, 4) is 0 Å². The number of aromatic carboxylic acids is 1. The summed E-state index contributed by atoms with van der Waals surface area (Å²) in [6.45, 7) is 3.98. The Labute approximate surface area is 156 Å². The van der Waals surface area contributed by atoms with E-state index in [1.807, 2.05) is 31.2 Å². The van der Waals surface area contributed by atoms with E-state index in [4.69, 9.17) is 0 Å². The monoisotopic (exact) mass is 382 g/mol. The Morgan fingerprint density at radius 3 is 2.44 bits per heavy atom. The van der Waals surface area contributed by atoms with Crippen molar-refractivity contribution >= 4 is 16.9 Å². The van der Waals surface area contributed by atoms with E-state index in [0.717, 1.165) is 16.6 Å². The van der Waals surface area contributed by atoms with Crippen molar-refractivity contribution in [3.63, 3.8) is 0 Å². The van der Waals surface area contributed by atoms with Gasteiger partial charge < -0.3 is 9.67 Å². The van der Waals surface area contributed by atoms with Gasteiger partial charge in [0.15, 0.2) is 0 Å². The van der Waals surface area contributed by atoms with Gasteiger partial charge in [0.1, 0.15) is 0 Å². The van der Waals surface area contributed by atoms with E-state index in [0.29, 0.717) is 37.9 Å². The van der Waals surface area contributed by atoms with Gasteiger partial charge in [0.05, 0.1) is 12.1 Å². The molecule has 0 amide bonds. The Balaban J connectivity index is 1.89. The minimum Gasteiger partial charge on any atom is -0.478 e. The summed E-state index contributed by atoms with van der Waals surface area (Å²) in [5, 5.41) is 10.4. The lowest BCUT2D eigenvalue weighted by Crippen LogP contribution is -2.41. The topological polar surface area (TPSA) is 45.5 Å². The van der Waals surface area contributed by atoms with E-state index < -0.39 is 18.7 Å². The Bertz CT molecular complexity index is 820. The molecule has 0 spiro atoms. The van der Waals surface area contributed by atoms with E-state index in [2.05, 4.69) is 11.5 Å². The van der Waals surface area contributed by atoms with E-state index >= 15 is 0 Å². The summed E-state index contributed by atoms with van der Waals surface area (Å²) in [7, 11) is 0. The van der Waals surface area contributed by atoms with Crippen molar-refractivity contribution in [1.82, 2.24) is 9.47 Å². The van der Waals surface area contributed by atoms with Crippen molar-refractivity contribution in [3.05, 3.63) is 35.5 Å². The van der Waals surface area contributed by atoms with E-state index in [9.17, 15) is 23.1 Å². The molecule has 3 rings (SSSR count). The number of halogens is 3. The number of carboxylic acid groups (broad SMARTS) is 1. The standard InChI is InChI=1S/C20H25F3N2O2/c1-3-16-18(19(26)27)15-6-4-5-7-17(15)25(16)13(2)14-8-10-24(11-9-14)12-20(21,22)23/h4-7,13-14H,3,8-12H2,1-2H3,(H,26,27). The number of aromatic nitrogens is 1. The fourth-order valence-electron chi connectivity index (χ4n) is 4.43. The minimum atomic E-state index is -4.17. The van der Waals surface area contributed by atoms with Crippen LogP contribution < -0.4 is 0 Å². The van der Waals surface area contributed by atoms with Crippen LogP contribution in [-0.4, -0.2) is 46.4 Å². The molecule has 7 heteroatoms. The van der Waals surface area contributed by atoms with E-state index in [1.165, 1.54) is 4.90 Å². The molecule has 2 aromatic rings. The van der Waals surface area contributed by atoms with Crippen LogP contribution in [0.1, 0.15) is 48.8 Å². The normalized spacial score (nSPS) is 18.1. The summed E-state index contributed by atoms with van der Waals surface area (Å²) < 4.78 is 39.9. The second-order valence-corrected chi connectivity index (χ2v) is 7.34. The van der Waals surface area contributed by atoms with Crippen LogP contribution in [0.25, 0.3) is 10.9 Å². The molecule has 0 radical (unpaired) electrons. The number of carboxylic acids is 1. The molecule has 1 fully saturated rings. The van der Waals surface area contributed by atoms with Crippen molar-refractivity contribution in [2.75, 3.05) is 19.6 Å². The van der Waals surface area contributed by atoms with E-state index in [-0.39, 0.29) is 12.0 Å². The van der Waals surface area contributed by atoms with Gasteiger partial charge in [-0.05, 0) is 51.3 Å². The third-order valence-electron chi connectivity index (χ3n) is 5.69. The summed E-state index contributed by atoms with van der Waals surface area (Å²) in [5.41, 5.74) is 2.01. The first-order valence-corrected chi connectivity index (χ1v) is 9.37. The summed E-state index contributed by atoms with van der Waals surface area (Å²) in [6.07, 6.45) is -2.22. The van der Waals surface area contributed by atoms with Gasteiger partial charge in [0, 0.05) is 22.6 Å². The quantitative estimate of drug-likeness (QED) is 0.813. The van der Waals surface area contributed by atoms with Gasteiger partial charge in [0.2, 0.25) is 0 Å². The average molecular weight is 382 g/mol. The largest absolute Gasteiger partial charge is 0.478 e. The Morgan fingerprint density at radius 2 is 1.89 bits per heavy atom. The maximum absolute atomic E-state index is 12.6. The van der Waals surface area contributed by atoms with Crippen LogP contribution in [0.15, 0.2) is 24.3 Å². The Kier molecular flexibility index (Phi) is 5.51. The zero-order chi connectivity index (χ0) is 19.8. The Hall–Kier alpha value is -2.02. The fraction of sp³-hybridized carbons (Fsp3) is 0.550. The number of carbonyl (C=O) groups is 1. The summed E-state index contributed by atoms with van der Waals surface area (Å²) in [6, 6.07) is 7.51. The van der Waals surface area contributed by atoms with Crippen LogP contribution in [-0.2, 0) is 6.42 Å². The molecule has 27 heavy (non-hydrogen) atoms. The molecule has 1 unspecified atom stereocenters. The van der Waals surface area contributed by atoms with Crippen molar-refractivity contribution in [2.24, 2.45) is 5.92 Å². The lowest BCUT2D eigenvalue weighted by molar-refractivity contribution is -0.149. The number of piperidine rings is 1. The Morgan fingerprint density at radius 1 is 1.26 bits per heavy atom. The van der Waals surface area contributed by atoms with Crippen molar-refractivity contribution in [2.45, 2.75) is 45.3 Å². The second kappa shape index (κ2) is 7.54. The van der Waals surface area contributed by atoms with E-state index in [1.54, 1.807) is 0 Å². The fourth-order valence-corrected chi connectivity index (χ4v) is 4.43. The van der Waals surface area contributed by atoms with Gasteiger partial charge >= 0.3 is 12.1 Å². The van der Waals surface area contributed by atoms with Crippen LogP contribution in [0, 0.1) is 5.92 Å². The molecule has 1 saturated heterocycles. The highest BCUT2D eigenvalue weighted by Gasteiger charge is 2.34. The summed E-state index contributed by atoms with van der Waals surface area (Å²) in [5.74, 6) is -0.716. The first kappa shape index (κ1) is 19.7. The van der Waals surface area contributed by atoms with Crippen molar-refractivity contribution in [1.29, 1.82) is 0 Å². The zero-order valence-electron chi connectivity index (χ0n) is 15.6.